The largest absolute Gasteiger partial charge is 0.493 e. The Kier molecular flexibility index (Phi) is 4.80. The molecule has 0 spiro atoms. The van der Waals surface area contributed by atoms with Gasteiger partial charge in [0.1, 0.15) is 11.0 Å². The normalized spacial score (nSPS) is 18.5. The van der Waals surface area contributed by atoms with Gasteiger partial charge < -0.3 is 25.1 Å². The third kappa shape index (κ3) is 3.07. The Labute approximate surface area is 199 Å². The molecule has 172 valence electrons. The van der Waals surface area contributed by atoms with Gasteiger partial charge in [-0.3, -0.25) is 9.78 Å². The second-order valence-electron chi connectivity index (χ2n) is 8.32. The highest BCUT2D eigenvalue weighted by atomic mass is 35.5. The van der Waals surface area contributed by atoms with E-state index in [-0.39, 0.29) is 23.9 Å². The van der Waals surface area contributed by atoms with Crippen molar-refractivity contribution in [3.8, 4) is 23.0 Å². The Morgan fingerprint density at radius 2 is 2.03 bits per heavy atom. The van der Waals surface area contributed by atoms with E-state index in [9.17, 15) is 4.79 Å². The van der Waals surface area contributed by atoms with Crippen molar-refractivity contribution in [2.75, 3.05) is 19.5 Å². The third-order valence-corrected chi connectivity index (χ3v) is 6.86. The van der Waals surface area contributed by atoms with Gasteiger partial charge in [0.05, 0.1) is 48.1 Å². The molecule has 0 saturated heterocycles. The molecule has 3 aromatic heterocycles. The summed E-state index contributed by atoms with van der Waals surface area (Å²) < 4.78 is 10.8. The zero-order valence-electron chi connectivity index (χ0n) is 18.5. The average Bonchev–Trinajstić information content (AvgIpc) is 3.19. The Bertz CT molecular complexity index is 1450. The molecule has 2 aliphatic rings. The number of nitrogens with zero attached hydrogens (tertiary/aromatic N) is 3. The fourth-order valence-electron chi connectivity index (χ4n) is 4.79. The van der Waals surface area contributed by atoms with Gasteiger partial charge in [0.2, 0.25) is 0 Å². The number of para-hydroxylation sites is 1. The van der Waals surface area contributed by atoms with Crippen molar-refractivity contribution in [1.82, 2.24) is 25.3 Å². The van der Waals surface area contributed by atoms with Crippen molar-refractivity contribution in [2.45, 2.75) is 24.8 Å². The average molecular weight is 477 g/mol. The van der Waals surface area contributed by atoms with Crippen molar-refractivity contribution in [3.05, 3.63) is 52.9 Å². The summed E-state index contributed by atoms with van der Waals surface area (Å²) in [6.07, 6.45) is 5.29. The molecular formula is C24H21ClN6O3. The van der Waals surface area contributed by atoms with Crippen molar-refractivity contribution >= 4 is 39.9 Å². The fraction of sp³-hybridized carbons (Fsp3) is 0.250. The van der Waals surface area contributed by atoms with E-state index in [4.69, 9.17) is 21.1 Å². The summed E-state index contributed by atoms with van der Waals surface area (Å²) in [4.78, 5) is 29.9. The monoisotopic (exact) mass is 476 g/mol. The molecule has 3 N–H and O–H groups in total. The maximum absolute atomic E-state index is 13.2. The lowest BCUT2D eigenvalue weighted by molar-refractivity contribution is 0.0878. The SMILES string of the molecule is COc1ncc2nccc(-c3[nH]c4c(c3Nc3cccc(Cl)c3OC)C(=O)N[C@H]3CC[C@@H]43)c2n1. The summed E-state index contributed by atoms with van der Waals surface area (Å²) in [7, 11) is 3.08. The number of fused-ring (bicyclic) bond motifs is 4. The Balaban J connectivity index is 1.60. The van der Waals surface area contributed by atoms with Gasteiger partial charge in [-0.1, -0.05) is 17.7 Å². The molecular weight excluding hydrogens is 456 g/mol. The second-order valence-corrected chi connectivity index (χ2v) is 8.73. The first-order valence-corrected chi connectivity index (χ1v) is 11.3. The van der Waals surface area contributed by atoms with Gasteiger partial charge in [-0.25, -0.2) is 4.98 Å². The Morgan fingerprint density at radius 3 is 2.79 bits per heavy atom. The topological polar surface area (TPSA) is 114 Å². The summed E-state index contributed by atoms with van der Waals surface area (Å²) in [5, 5.41) is 7.04. The molecule has 1 fully saturated rings. The number of H-pyrrole nitrogens is 1. The quantitative estimate of drug-likeness (QED) is 0.390. The molecule has 34 heavy (non-hydrogen) atoms. The van der Waals surface area contributed by atoms with E-state index in [1.54, 1.807) is 25.6 Å². The van der Waals surface area contributed by atoms with Crippen molar-refractivity contribution in [1.29, 1.82) is 0 Å². The van der Waals surface area contributed by atoms with Crippen LogP contribution in [-0.2, 0) is 0 Å². The van der Waals surface area contributed by atoms with Gasteiger partial charge in [-0.05, 0) is 31.0 Å². The van der Waals surface area contributed by atoms with Crippen LogP contribution in [0.3, 0.4) is 0 Å². The molecule has 6 rings (SSSR count). The number of amides is 1. The molecule has 9 nitrogen and oxygen atoms in total. The molecule has 10 heteroatoms. The minimum absolute atomic E-state index is 0.118. The van der Waals surface area contributed by atoms with Gasteiger partial charge in [0.25, 0.3) is 5.91 Å². The van der Waals surface area contributed by atoms with Crippen LogP contribution in [0.1, 0.15) is 34.8 Å². The number of carbonyl (C=O) groups excluding carboxylic acids is 1. The minimum atomic E-state index is -0.118. The molecule has 0 unspecified atom stereocenters. The molecule has 1 amide bonds. The number of anilines is 2. The minimum Gasteiger partial charge on any atom is -0.493 e. The van der Waals surface area contributed by atoms with Gasteiger partial charge in [-0.15, -0.1) is 0 Å². The van der Waals surface area contributed by atoms with Crippen molar-refractivity contribution in [2.24, 2.45) is 0 Å². The van der Waals surface area contributed by atoms with E-state index in [1.807, 2.05) is 18.2 Å². The third-order valence-electron chi connectivity index (χ3n) is 6.56. The highest BCUT2D eigenvalue weighted by molar-refractivity contribution is 6.32. The molecule has 0 radical (unpaired) electrons. The number of halogens is 1. The van der Waals surface area contributed by atoms with Gasteiger partial charge in [-0.2, -0.15) is 4.98 Å². The smallest absolute Gasteiger partial charge is 0.316 e. The van der Waals surface area contributed by atoms with E-state index < -0.39 is 0 Å². The zero-order chi connectivity index (χ0) is 23.4. The lowest BCUT2D eigenvalue weighted by Crippen LogP contribution is -2.49. The van der Waals surface area contributed by atoms with E-state index >= 15 is 0 Å². The summed E-state index contributed by atoms with van der Waals surface area (Å²) in [6.45, 7) is 0. The first-order chi connectivity index (χ1) is 16.6. The molecule has 1 aliphatic carbocycles. The maximum atomic E-state index is 13.2. The van der Waals surface area contributed by atoms with Crippen LogP contribution in [0.25, 0.3) is 22.3 Å². The zero-order valence-corrected chi connectivity index (χ0v) is 19.2. The number of methoxy groups -OCH3 is 2. The van der Waals surface area contributed by atoms with Crippen LogP contribution >= 0.6 is 11.6 Å². The highest BCUT2D eigenvalue weighted by Crippen LogP contribution is 2.48. The number of ether oxygens (including phenoxy) is 2. The predicted octanol–water partition coefficient (Wildman–Crippen LogP) is 4.42. The van der Waals surface area contributed by atoms with E-state index in [2.05, 4.69) is 30.6 Å². The van der Waals surface area contributed by atoms with Crippen LogP contribution in [0.15, 0.2) is 36.7 Å². The standard InChI is InChI=1S/C24H21ClN6O3/c1-33-22-13(25)4-3-5-15(22)28-21-17-19(11-6-7-14(11)29-23(17)32)30-20(21)12-8-9-26-16-10-27-24(34-2)31-18(12)16/h3-5,8-11,14,28,30H,6-7H2,1-2H3,(H,29,32)/t11-,14+/m1/s1. The molecule has 1 aliphatic heterocycles. The van der Waals surface area contributed by atoms with E-state index in [1.165, 1.54) is 7.11 Å². The Morgan fingerprint density at radius 1 is 1.15 bits per heavy atom. The maximum Gasteiger partial charge on any atom is 0.316 e. The van der Waals surface area contributed by atoms with Gasteiger partial charge >= 0.3 is 6.01 Å². The number of rotatable bonds is 5. The summed E-state index contributed by atoms with van der Waals surface area (Å²) >= 11 is 6.37. The molecule has 4 aromatic rings. The second kappa shape index (κ2) is 7.88. The number of pyridine rings is 1. The highest BCUT2D eigenvalue weighted by Gasteiger charge is 2.43. The molecule has 4 heterocycles. The van der Waals surface area contributed by atoms with Crippen LogP contribution < -0.4 is 20.1 Å². The van der Waals surface area contributed by atoms with Crippen LogP contribution in [0, 0.1) is 0 Å². The first kappa shape index (κ1) is 20.7. The van der Waals surface area contributed by atoms with Gasteiger partial charge in [0, 0.05) is 29.4 Å². The van der Waals surface area contributed by atoms with Crippen molar-refractivity contribution < 1.29 is 14.3 Å². The number of aromatic amines is 1. The van der Waals surface area contributed by atoms with Gasteiger partial charge in [0.15, 0.2) is 5.75 Å². The van der Waals surface area contributed by atoms with Crippen LogP contribution in [0.2, 0.25) is 5.02 Å². The number of hydrogen-bond donors (Lipinski definition) is 3. The number of nitrogens with one attached hydrogen (secondary N) is 3. The van der Waals surface area contributed by atoms with Crippen LogP contribution in [0.4, 0.5) is 11.4 Å². The number of aromatic nitrogens is 4. The first-order valence-electron chi connectivity index (χ1n) is 10.9. The molecule has 2 atom stereocenters. The van der Waals surface area contributed by atoms with E-state index in [0.717, 1.165) is 29.8 Å². The molecule has 1 saturated carbocycles. The number of hydrogen-bond acceptors (Lipinski definition) is 7. The Hall–Kier alpha value is -3.85. The summed E-state index contributed by atoms with van der Waals surface area (Å²) in [6, 6.07) is 7.69. The van der Waals surface area contributed by atoms with Crippen LogP contribution in [0.5, 0.6) is 11.8 Å². The molecule has 0 bridgehead atoms. The lowest BCUT2D eigenvalue weighted by atomic mass is 9.74. The predicted molar refractivity (Wildman–Crippen MR) is 128 cm³/mol. The van der Waals surface area contributed by atoms with Crippen molar-refractivity contribution in [3.63, 3.8) is 0 Å². The number of carbonyl (C=O) groups is 1. The lowest BCUT2D eigenvalue weighted by Gasteiger charge is -2.40. The fourth-order valence-corrected chi connectivity index (χ4v) is 5.04. The van der Waals surface area contributed by atoms with Crippen LogP contribution in [-0.4, -0.2) is 46.1 Å². The summed E-state index contributed by atoms with van der Waals surface area (Å²) in [5.74, 6) is 0.611. The summed E-state index contributed by atoms with van der Waals surface area (Å²) in [5.41, 5.74) is 5.50. The molecule has 1 aromatic carbocycles. The number of benzene rings is 1. The van der Waals surface area contributed by atoms with E-state index in [0.29, 0.717) is 38.7 Å².